The van der Waals surface area contributed by atoms with E-state index in [1.807, 2.05) is 0 Å². The van der Waals surface area contributed by atoms with E-state index in [2.05, 4.69) is 20.6 Å². The van der Waals surface area contributed by atoms with Gasteiger partial charge in [0.2, 0.25) is 5.88 Å². The monoisotopic (exact) mass is 436 g/mol. The van der Waals surface area contributed by atoms with Crippen molar-refractivity contribution in [1.29, 1.82) is 0 Å². The first-order valence-corrected chi connectivity index (χ1v) is 9.57. The molecular formula is C21H17FN6O4. The van der Waals surface area contributed by atoms with Crippen LogP contribution in [-0.4, -0.2) is 43.8 Å². The van der Waals surface area contributed by atoms with E-state index in [0.29, 0.717) is 22.6 Å². The lowest BCUT2D eigenvalue weighted by Gasteiger charge is -2.09. The number of nitro groups is 1. The van der Waals surface area contributed by atoms with Crippen LogP contribution in [0.4, 0.5) is 10.1 Å². The zero-order valence-electron chi connectivity index (χ0n) is 16.9. The number of nitrogens with zero attached hydrogens (tertiary/aromatic N) is 5. The Morgan fingerprint density at radius 2 is 1.94 bits per heavy atom. The van der Waals surface area contributed by atoms with Gasteiger partial charge in [0.15, 0.2) is 11.5 Å². The molecule has 0 unspecified atom stereocenters. The smallest absolute Gasteiger partial charge is 0.273 e. The highest BCUT2D eigenvalue weighted by Gasteiger charge is 2.17. The predicted octanol–water partition coefficient (Wildman–Crippen LogP) is 2.96. The van der Waals surface area contributed by atoms with Gasteiger partial charge in [-0.25, -0.2) is 4.39 Å². The molecule has 4 rings (SSSR count). The highest BCUT2D eigenvalue weighted by atomic mass is 19.1. The van der Waals surface area contributed by atoms with Crippen LogP contribution in [0, 0.1) is 22.9 Å². The van der Waals surface area contributed by atoms with Gasteiger partial charge in [-0.1, -0.05) is 6.07 Å². The Balaban J connectivity index is 1.40. The summed E-state index contributed by atoms with van der Waals surface area (Å²) in [4.78, 5) is 22.9. The number of rotatable bonds is 7. The molecule has 0 atom stereocenters. The molecule has 11 heteroatoms. The van der Waals surface area contributed by atoms with Crippen molar-refractivity contribution >= 4 is 17.2 Å². The van der Waals surface area contributed by atoms with Gasteiger partial charge in [0.1, 0.15) is 12.4 Å². The fourth-order valence-corrected chi connectivity index (χ4v) is 3.11. The Morgan fingerprint density at radius 1 is 1.16 bits per heavy atom. The highest BCUT2D eigenvalue weighted by Crippen LogP contribution is 2.21. The summed E-state index contributed by atoms with van der Waals surface area (Å²) < 4.78 is 20.3. The second-order valence-corrected chi connectivity index (χ2v) is 6.78. The largest absolute Gasteiger partial charge is 0.475 e. The number of hydrogen-bond donors (Lipinski definition) is 1. The summed E-state index contributed by atoms with van der Waals surface area (Å²) in [5.74, 6) is -0.0844. The van der Waals surface area contributed by atoms with Gasteiger partial charge in [-0.05, 0) is 43.3 Å². The van der Waals surface area contributed by atoms with Crippen molar-refractivity contribution < 1.29 is 18.8 Å². The van der Waals surface area contributed by atoms with Gasteiger partial charge in [-0.3, -0.25) is 14.9 Å². The average Bonchev–Trinajstić information content (AvgIpc) is 3.20. The summed E-state index contributed by atoms with van der Waals surface area (Å²) >= 11 is 0. The number of halogens is 1. The molecule has 10 nitrogen and oxygen atoms in total. The van der Waals surface area contributed by atoms with Crippen LogP contribution in [0.2, 0.25) is 0 Å². The zero-order valence-corrected chi connectivity index (χ0v) is 16.9. The number of hydrogen-bond acceptors (Lipinski definition) is 7. The third-order valence-electron chi connectivity index (χ3n) is 4.72. The number of fused-ring (bicyclic) bond motifs is 1. The van der Waals surface area contributed by atoms with Crippen LogP contribution in [0.15, 0.2) is 54.6 Å². The standard InChI is InChI=1S/C21H17FN6O4/c1-13-16(3-2-4-17(13)28(30)31)21(29)23-11-12-32-19-10-9-18-24-25-20(27(18)26-19)14-5-7-15(22)8-6-14/h2-10H,11-12H2,1H3,(H,23,29). The zero-order chi connectivity index (χ0) is 22.7. The molecule has 0 aliphatic heterocycles. The highest BCUT2D eigenvalue weighted by molar-refractivity contribution is 5.96. The molecule has 0 aliphatic rings. The van der Waals surface area contributed by atoms with Crippen molar-refractivity contribution in [3.63, 3.8) is 0 Å². The van der Waals surface area contributed by atoms with Crippen molar-refractivity contribution in [1.82, 2.24) is 25.1 Å². The number of carbonyl (C=O) groups excluding carboxylic acids is 1. The van der Waals surface area contributed by atoms with Crippen molar-refractivity contribution in [3.8, 4) is 17.3 Å². The van der Waals surface area contributed by atoms with E-state index < -0.39 is 10.8 Å². The third kappa shape index (κ3) is 4.21. The summed E-state index contributed by atoms with van der Waals surface area (Å²) in [6.45, 7) is 1.81. The molecule has 0 fully saturated rings. The summed E-state index contributed by atoms with van der Waals surface area (Å²) in [5, 5.41) is 26.2. The summed E-state index contributed by atoms with van der Waals surface area (Å²) in [5.41, 5.74) is 1.54. The minimum Gasteiger partial charge on any atom is -0.475 e. The van der Waals surface area contributed by atoms with Crippen molar-refractivity contribution in [2.45, 2.75) is 6.92 Å². The number of nitrogens with one attached hydrogen (secondary N) is 1. The summed E-state index contributed by atoms with van der Waals surface area (Å²) in [6.07, 6.45) is 0. The normalized spacial score (nSPS) is 10.8. The minimum absolute atomic E-state index is 0.114. The first-order chi connectivity index (χ1) is 15.4. The number of aromatic nitrogens is 4. The first kappa shape index (κ1) is 20.8. The van der Waals surface area contributed by atoms with Gasteiger partial charge < -0.3 is 10.1 Å². The molecule has 0 radical (unpaired) electrons. The Labute approximate surface area is 180 Å². The lowest BCUT2D eigenvalue weighted by Crippen LogP contribution is -2.29. The molecule has 0 spiro atoms. The third-order valence-corrected chi connectivity index (χ3v) is 4.72. The van der Waals surface area contributed by atoms with Crippen LogP contribution in [0.25, 0.3) is 17.0 Å². The maximum atomic E-state index is 13.2. The molecular weight excluding hydrogens is 419 g/mol. The number of benzene rings is 2. The second-order valence-electron chi connectivity index (χ2n) is 6.78. The number of nitro benzene ring substituents is 1. The fraction of sp³-hybridized carbons (Fsp3) is 0.143. The fourth-order valence-electron chi connectivity index (χ4n) is 3.11. The quantitative estimate of drug-likeness (QED) is 0.268. The second kappa shape index (κ2) is 8.76. The number of carbonyl (C=O) groups is 1. The molecule has 2 heterocycles. The molecule has 0 saturated carbocycles. The molecule has 2 aromatic heterocycles. The van der Waals surface area contributed by atoms with Gasteiger partial charge >= 0.3 is 0 Å². The molecule has 0 saturated heterocycles. The molecule has 0 bridgehead atoms. The SMILES string of the molecule is Cc1c(C(=O)NCCOc2ccc3nnc(-c4ccc(F)cc4)n3n2)cccc1[N+](=O)[O-]. The van der Waals surface area contributed by atoms with E-state index in [4.69, 9.17) is 4.74 Å². The molecule has 0 aliphatic carbocycles. The Bertz CT molecular complexity index is 1310. The number of amides is 1. The Morgan fingerprint density at radius 3 is 2.69 bits per heavy atom. The minimum atomic E-state index is -0.526. The Kier molecular flexibility index (Phi) is 5.71. The molecule has 4 aromatic rings. The van der Waals surface area contributed by atoms with Crippen LogP contribution in [0.3, 0.4) is 0 Å². The molecule has 162 valence electrons. The topological polar surface area (TPSA) is 125 Å². The van der Waals surface area contributed by atoms with Crippen LogP contribution in [0.1, 0.15) is 15.9 Å². The van der Waals surface area contributed by atoms with E-state index in [1.54, 1.807) is 24.3 Å². The lowest BCUT2D eigenvalue weighted by molar-refractivity contribution is -0.385. The van der Waals surface area contributed by atoms with Crippen LogP contribution in [-0.2, 0) is 0 Å². The van der Waals surface area contributed by atoms with E-state index in [-0.39, 0.29) is 36.1 Å². The van der Waals surface area contributed by atoms with Crippen molar-refractivity contribution in [2.24, 2.45) is 0 Å². The van der Waals surface area contributed by atoms with Crippen molar-refractivity contribution in [3.05, 3.63) is 81.7 Å². The van der Waals surface area contributed by atoms with E-state index in [0.717, 1.165) is 0 Å². The van der Waals surface area contributed by atoms with Gasteiger partial charge in [0.05, 0.1) is 11.5 Å². The van der Waals surface area contributed by atoms with E-state index in [9.17, 15) is 19.3 Å². The van der Waals surface area contributed by atoms with Gasteiger partial charge in [0.25, 0.3) is 11.6 Å². The molecule has 1 amide bonds. The average molecular weight is 436 g/mol. The number of ether oxygens (including phenoxy) is 1. The van der Waals surface area contributed by atoms with Gasteiger partial charge in [-0.15, -0.1) is 15.3 Å². The Hall–Kier alpha value is -4.41. The van der Waals surface area contributed by atoms with Crippen LogP contribution in [0.5, 0.6) is 5.88 Å². The first-order valence-electron chi connectivity index (χ1n) is 9.57. The molecule has 2 aromatic carbocycles. The maximum absolute atomic E-state index is 13.2. The predicted molar refractivity (Wildman–Crippen MR) is 112 cm³/mol. The summed E-state index contributed by atoms with van der Waals surface area (Å²) in [6, 6.07) is 13.4. The maximum Gasteiger partial charge on any atom is 0.273 e. The van der Waals surface area contributed by atoms with E-state index >= 15 is 0 Å². The lowest BCUT2D eigenvalue weighted by atomic mass is 10.1. The van der Waals surface area contributed by atoms with Crippen molar-refractivity contribution in [2.75, 3.05) is 13.2 Å². The molecule has 1 N–H and O–H groups in total. The van der Waals surface area contributed by atoms with Gasteiger partial charge in [0, 0.05) is 28.8 Å². The van der Waals surface area contributed by atoms with Gasteiger partial charge in [-0.2, -0.15) is 4.52 Å². The summed E-state index contributed by atoms with van der Waals surface area (Å²) in [7, 11) is 0. The van der Waals surface area contributed by atoms with Crippen LogP contribution >= 0.6 is 0 Å². The van der Waals surface area contributed by atoms with Crippen LogP contribution < -0.4 is 10.1 Å². The van der Waals surface area contributed by atoms with E-state index in [1.165, 1.54) is 41.8 Å². The molecule has 32 heavy (non-hydrogen) atoms.